The van der Waals surface area contributed by atoms with Crippen molar-refractivity contribution in [3.63, 3.8) is 0 Å². The van der Waals surface area contributed by atoms with Gasteiger partial charge in [0.1, 0.15) is 0 Å². The van der Waals surface area contributed by atoms with Gasteiger partial charge in [-0.05, 0) is 25.7 Å². The lowest BCUT2D eigenvalue weighted by Crippen LogP contribution is -2.38. The summed E-state index contributed by atoms with van der Waals surface area (Å²) in [6.07, 6.45) is 7.62. The molecule has 1 aliphatic carbocycles. The minimum Gasteiger partial charge on any atom is -0.323 e. The van der Waals surface area contributed by atoms with Gasteiger partial charge in [-0.15, -0.1) is 0 Å². The Bertz CT molecular complexity index is 209. The molecule has 0 aromatic rings. The molecule has 0 saturated carbocycles. The Balaban J connectivity index is 1.91. The van der Waals surface area contributed by atoms with Crippen molar-refractivity contribution < 1.29 is 0 Å². The van der Waals surface area contributed by atoms with Gasteiger partial charge in [0, 0.05) is 28.6 Å². The van der Waals surface area contributed by atoms with Crippen LogP contribution in [0.3, 0.4) is 0 Å². The van der Waals surface area contributed by atoms with Crippen LogP contribution in [0.25, 0.3) is 0 Å². The Labute approximate surface area is 95.3 Å². The summed E-state index contributed by atoms with van der Waals surface area (Å²) in [4.78, 5) is 0. The highest BCUT2D eigenvalue weighted by molar-refractivity contribution is 8.06. The first-order valence-corrected chi connectivity index (χ1v) is 7.72. The molecule has 2 rings (SSSR count). The van der Waals surface area contributed by atoms with Gasteiger partial charge in [0.25, 0.3) is 0 Å². The van der Waals surface area contributed by atoms with E-state index >= 15 is 0 Å². The van der Waals surface area contributed by atoms with Crippen LogP contribution in [-0.2, 0) is 0 Å². The molecule has 2 aliphatic rings. The first-order chi connectivity index (χ1) is 6.88. The zero-order valence-corrected chi connectivity index (χ0v) is 10.2. The molecule has 3 heteroatoms. The van der Waals surface area contributed by atoms with E-state index in [1.807, 2.05) is 0 Å². The minimum atomic E-state index is 0.341. The third kappa shape index (κ3) is 2.71. The third-order valence-electron chi connectivity index (χ3n) is 3.00. The number of allylic oxidation sites excluding steroid dienone is 1. The quantitative estimate of drug-likeness (QED) is 0.737. The van der Waals surface area contributed by atoms with E-state index in [9.17, 15) is 0 Å². The molecule has 0 amide bonds. The van der Waals surface area contributed by atoms with Gasteiger partial charge in [0.2, 0.25) is 0 Å². The van der Waals surface area contributed by atoms with Gasteiger partial charge in [-0.3, -0.25) is 0 Å². The second-order valence-electron chi connectivity index (χ2n) is 4.03. The van der Waals surface area contributed by atoms with E-state index in [1.165, 1.54) is 48.5 Å². The maximum atomic E-state index is 6.32. The zero-order valence-electron chi connectivity index (χ0n) is 8.58. The Morgan fingerprint density at radius 3 is 2.93 bits per heavy atom. The predicted molar refractivity (Wildman–Crippen MR) is 68.1 cm³/mol. The van der Waals surface area contributed by atoms with E-state index in [0.29, 0.717) is 11.3 Å². The van der Waals surface area contributed by atoms with Gasteiger partial charge in [0.05, 0.1) is 0 Å². The maximum absolute atomic E-state index is 6.32. The van der Waals surface area contributed by atoms with Crippen LogP contribution in [0.5, 0.6) is 0 Å². The Hall–Kier alpha value is 0.400. The Kier molecular flexibility index (Phi) is 4.26. The number of rotatable bonds is 2. The molecule has 14 heavy (non-hydrogen) atoms. The molecule has 0 aromatic heterocycles. The molecule has 1 heterocycles. The Morgan fingerprint density at radius 2 is 2.29 bits per heavy atom. The first-order valence-electron chi connectivity index (χ1n) is 5.52. The van der Waals surface area contributed by atoms with Crippen molar-refractivity contribution in [3.05, 3.63) is 11.6 Å². The predicted octanol–water partition coefficient (Wildman–Crippen LogP) is 2.66. The van der Waals surface area contributed by atoms with Crippen LogP contribution in [0, 0.1) is 0 Å². The lowest BCUT2D eigenvalue weighted by Gasteiger charge is -2.29. The van der Waals surface area contributed by atoms with Gasteiger partial charge in [-0.1, -0.05) is 11.6 Å². The molecule has 1 aliphatic heterocycles. The topological polar surface area (TPSA) is 26.0 Å². The lowest BCUT2D eigenvalue weighted by atomic mass is 9.93. The fourth-order valence-electron chi connectivity index (χ4n) is 2.12. The lowest BCUT2D eigenvalue weighted by molar-refractivity contribution is 0.630. The van der Waals surface area contributed by atoms with Gasteiger partial charge >= 0.3 is 0 Å². The summed E-state index contributed by atoms with van der Waals surface area (Å²) in [7, 11) is 0. The standard InChI is InChI=1S/C11H19NS2/c12-11(9-4-2-1-3-5-9)10-8-13-6-7-14-10/h4,10-11H,1-3,5-8,12H2. The number of hydrogen-bond acceptors (Lipinski definition) is 3. The summed E-state index contributed by atoms with van der Waals surface area (Å²) in [5.41, 5.74) is 7.86. The van der Waals surface area contributed by atoms with Crippen LogP contribution < -0.4 is 5.73 Å². The van der Waals surface area contributed by atoms with Crippen molar-refractivity contribution in [3.8, 4) is 0 Å². The molecule has 80 valence electrons. The van der Waals surface area contributed by atoms with Gasteiger partial charge in [-0.2, -0.15) is 23.5 Å². The van der Waals surface area contributed by atoms with E-state index < -0.39 is 0 Å². The zero-order chi connectivity index (χ0) is 9.80. The molecule has 0 radical (unpaired) electrons. The van der Waals surface area contributed by atoms with Crippen molar-refractivity contribution in [2.75, 3.05) is 17.3 Å². The molecule has 2 unspecified atom stereocenters. The SMILES string of the molecule is NC(C1=CCCCC1)C1CSCCS1. The first kappa shape index (κ1) is 10.9. The summed E-state index contributed by atoms with van der Waals surface area (Å²) in [6.45, 7) is 0. The van der Waals surface area contributed by atoms with Crippen LogP contribution in [0.2, 0.25) is 0 Å². The summed E-state index contributed by atoms with van der Waals surface area (Å²) in [5.74, 6) is 3.85. The van der Waals surface area contributed by atoms with Crippen LogP contribution in [0.1, 0.15) is 25.7 Å². The fourth-order valence-corrected chi connectivity index (χ4v) is 4.94. The van der Waals surface area contributed by atoms with Crippen LogP contribution in [0.15, 0.2) is 11.6 Å². The minimum absolute atomic E-state index is 0.341. The highest BCUT2D eigenvalue weighted by atomic mass is 32.2. The number of thioether (sulfide) groups is 2. The monoisotopic (exact) mass is 229 g/mol. The maximum Gasteiger partial charge on any atom is 0.0382 e. The van der Waals surface area contributed by atoms with E-state index in [-0.39, 0.29) is 0 Å². The second kappa shape index (κ2) is 5.47. The third-order valence-corrected chi connectivity index (χ3v) is 5.88. The van der Waals surface area contributed by atoms with E-state index in [1.54, 1.807) is 0 Å². The number of nitrogens with two attached hydrogens (primary N) is 1. The van der Waals surface area contributed by atoms with Gasteiger partial charge in [-0.25, -0.2) is 0 Å². The van der Waals surface area contributed by atoms with Crippen molar-refractivity contribution in [2.24, 2.45) is 5.73 Å². The highest BCUT2D eigenvalue weighted by Gasteiger charge is 2.24. The van der Waals surface area contributed by atoms with Crippen LogP contribution >= 0.6 is 23.5 Å². The van der Waals surface area contributed by atoms with Crippen molar-refractivity contribution in [2.45, 2.75) is 37.0 Å². The second-order valence-corrected chi connectivity index (χ2v) is 6.53. The normalized spacial score (nSPS) is 30.9. The molecule has 0 spiro atoms. The molecule has 0 bridgehead atoms. The molecule has 2 atom stereocenters. The molecule has 2 N–H and O–H groups in total. The van der Waals surface area contributed by atoms with Crippen molar-refractivity contribution in [1.82, 2.24) is 0 Å². The summed E-state index contributed by atoms with van der Waals surface area (Å²) < 4.78 is 0. The largest absolute Gasteiger partial charge is 0.323 e. The average molecular weight is 229 g/mol. The smallest absolute Gasteiger partial charge is 0.0382 e. The van der Waals surface area contributed by atoms with Crippen molar-refractivity contribution in [1.29, 1.82) is 0 Å². The van der Waals surface area contributed by atoms with Gasteiger partial charge in [0.15, 0.2) is 0 Å². The van der Waals surface area contributed by atoms with Crippen LogP contribution in [-0.4, -0.2) is 28.6 Å². The molecule has 1 nitrogen and oxygen atoms in total. The Morgan fingerprint density at radius 1 is 1.36 bits per heavy atom. The average Bonchev–Trinajstić information content (AvgIpc) is 2.30. The molecular formula is C11H19NS2. The van der Waals surface area contributed by atoms with Crippen LogP contribution in [0.4, 0.5) is 0 Å². The molecular weight excluding hydrogens is 210 g/mol. The summed E-state index contributed by atoms with van der Waals surface area (Å²) >= 11 is 4.15. The fraction of sp³-hybridized carbons (Fsp3) is 0.818. The molecule has 1 fully saturated rings. The van der Waals surface area contributed by atoms with E-state index in [4.69, 9.17) is 5.73 Å². The van der Waals surface area contributed by atoms with Gasteiger partial charge < -0.3 is 5.73 Å². The highest BCUT2D eigenvalue weighted by Crippen LogP contribution is 2.31. The summed E-state index contributed by atoms with van der Waals surface area (Å²) in [5, 5.41) is 0.679. The molecule has 1 saturated heterocycles. The molecule has 0 aromatic carbocycles. The van der Waals surface area contributed by atoms with Crippen molar-refractivity contribution >= 4 is 23.5 Å². The summed E-state index contributed by atoms with van der Waals surface area (Å²) in [6, 6.07) is 0.341. The van der Waals surface area contributed by atoms with E-state index in [2.05, 4.69) is 29.6 Å². The van der Waals surface area contributed by atoms with E-state index in [0.717, 1.165) is 0 Å². The number of hydrogen-bond donors (Lipinski definition) is 1.